The summed E-state index contributed by atoms with van der Waals surface area (Å²) >= 11 is 6.13. The first kappa shape index (κ1) is 20.8. The second-order valence-corrected chi connectivity index (χ2v) is 8.69. The van der Waals surface area contributed by atoms with Gasteiger partial charge in [-0.2, -0.15) is 0 Å². The van der Waals surface area contributed by atoms with Gasteiger partial charge >= 0.3 is 0 Å². The van der Waals surface area contributed by atoms with E-state index in [4.69, 9.17) is 11.6 Å². The lowest BCUT2D eigenvalue weighted by Gasteiger charge is -2.30. The van der Waals surface area contributed by atoms with E-state index in [2.05, 4.69) is 25.5 Å². The number of halogens is 1. The van der Waals surface area contributed by atoms with Gasteiger partial charge in [0.2, 0.25) is 17.8 Å². The number of piperidine rings is 1. The Morgan fingerprint density at radius 1 is 1.19 bits per heavy atom. The van der Waals surface area contributed by atoms with E-state index in [-0.39, 0.29) is 24.3 Å². The number of rotatable bonds is 5. The molecule has 3 aliphatic rings. The summed E-state index contributed by atoms with van der Waals surface area (Å²) in [6.07, 6.45) is 3.14. The van der Waals surface area contributed by atoms with E-state index >= 15 is 0 Å². The highest BCUT2D eigenvalue weighted by molar-refractivity contribution is 6.29. The summed E-state index contributed by atoms with van der Waals surface area (Å²) in [6, 6.07) is 6.96. The van der Waals surface area contributed by atoms with Crippen LogP contribution in [0.4, 0.5) is 5.95 Å². The number of nitrogens with one attached hydrogen (secondary N) is 2. The van der Waals surface area contributed by atoms with Crippen LogP contribution in [-0.2, 0) is 22.7 Å². The number of fused-ring (bicyclic) bond motifs is 1. The maximum absolute atomic E-state index is 13.4. The normalized spacial score (nSPS) is 22.8. The minimum atomic E-state index is -0.633. The Labute approximate surface area is 190 Å². The predicted molar refractivity (Wildman–Crippen MR) is 117 cm³/mol. The Kier molecular flexibility index (Phi) is 5.52. The molecule has 0 aliphatic carbocycles. The lowest BCUT2D eigenvalue weighted by molar-refractivity contribution is -0.136. The highest BCUT2D eigenvalue weighted by atomic mass is 35.5. The average Bonchev–Trinajstić information content (AvgIpc) is 3.41. The van der Waals surface area contributed by atoms with Crippen LogP contribution in [0.1, 0.15) is 40.7 Å². The zero-order valence-electron chi connectivity index (χ0n) is 17.4. The highest BCUT2D eigenvalue weighted by Gasteiger charge is 2.40. The van der Waals surface area contributed by atoms with Crippen molar-refractivity contribution in [3.8, 4) is 0 Å². The maximum atomic E-state index is 13.4. The molecular weight excluding hydrogens is 432 g/mol. The number of carbonyl (C=O) groups is 3. The molecule has 4 heterocycles. The third-order valence-corrected chi connectivity index (χ3v) is 6.53. The van der Waals surface area contributed by atoms with Gasteiger partial charge in [-0.3, -0.25) is 19.7 Å². The molecule has 2 saturated heterocycles. The zero-order valence-corrected chi connectivity index (χ0v) is 18.1. The van der Waals surface area contributed by atoms with Crippen molar-refractivity contribution in [2.75, 3.05) is 18.0 Å². The maximum Gasteiger partial charge on any atom is 0.255 e. The molecule has 2 N–H and O–H groups in total. The molecule has 2 unspecified atom stereocenters. The molecule has 1 aromatic heterocycles. The Bertz CT molecular complexity index is 1090. The van der Waals surface area contributed by atoms with Gasteiger partial charge in [-0.05, 0) is 36.6 Å². The Balaban J connectivity index is 1.45. The fraction of sp³-hybridized carbons (Fsp3) is 0.409. The van der Waals surface area contributed by atoms with E-state index in [0.29, 0.717) is 36.2 Å². The first-order valence-corrected chi connectivity index (χ1v) is 11.1. The summed E-state index contributed by atoms with van der Waals surface area (Å²) in [6.45, 7) is 2.50. The molecule has 5 rings (SSSR count). The summed E-state index contributed by atoms with van der Waals surface area (Å²) in [5, 5.41) is 6.08. The fourth-order valence-electron chi connectivity index (χ4n) is 4.74. The minimum absolute atomic E-state index is 0.173. The molecule has 2 atom stereocenters. The summed E-state index contributed by atoms with van der Waals surface area (Å²) in [5.74, 6) is -0.355. The number of hydrogen-bond donors (Lipinski definition) is 2. The second kappa shape index (κ2) is 8.48. The van der Waals surface area contributed by atoms with Crippen LogP contribution in [0.25, 0.3) is 0 Å². The fourth-order valence-corrected chi connectivity index (χ4v) is 4.87. The van der Waals surface area contributed by atoms with Gasteiger partial charge in [0.05, 0.1) is 0 Å². The molecule has 1 aromatic carbocycles. The molecule has 2 aromatic rings. The third-order valence-electron chi connectivity index (χ3n) is 6.32. The first-order valence-electron chi connectivity index (χ1n) is 10.7. The monoisotopic (exact) mass is 454 g/mol. The van der Waals surface area contributed by atoms with Crippen LogP contribution in [0.15, 0.2) is 30.5 Å². The van der Waals surface area contributed by atoms with Crippen LogP contribution in [0, 0.1) is 0 Å². The molecule has 166 valence electrons. The van der Waals surface area contributed by atoms with Crippen molar-refractivity contribution in [1.82, 2.24) is 25.5 Å². The zero-order chi connectivity index (χ0) is 22.2. The van der Waals surface area contributed by atoms with Crippen molar-refractivity contribution >= 4 is 35.3 Å². The number of anilines is 1. The van der Waals surface area contributed by atoms with Gasteiger partial charge in [-0.25, -0.2) is 9.97 Å². The number of benzene rings is 1. The van der Waals surface area contributed by atoms with Gasteiger partial charge < -0.3 is 15.1 Å². The standard InChI is InChI=1S/C22H23ClN6O3/c23-17-7-9-25-22(26-17)28(15-6-8-24-10-15)11-13-2-1-3-14-12-29(21(32)19(13)14)16-4-5-18(30)27-20(16)31/h1-3,7,9,15-16,24H,4-6,8,10-12H2,(H,27,30,31). The molecule has 3 amide bonds. The Morgan fingerprint density at radius 3 is 2.81 bits per heavy atom. The molecule has 2 fully saturated rings. The molecule has 9 nitrogen and oxygen atoms in total. The number of carbonyl (C=O) groups excluding carboxylic acids is 3. The van der Waals surface area contributed by atoms with Crippen molar-refractivity contribution in [2.24, 2.45) is 0 Å². The number of nitrogens with zero attached hydrogens (tertiary/aromatic N) is 4. The molecular formula is C22H23ClN6O3. The van der Waals surface area contributed by atoms with Crippen LogP contribution in [0.2, 0.25) is 5.15 Å². The van der Waals surface area contributed by atoms with Gasteiger partial charge in [0.1, 0.15) is 11.2 Å². The number of amides is 3. The van der Waals surface area contributed by atoms with Crippen molar-refractivity contribution in [2.45, 2.75) is 44.4 Å². The van der Waals surface area contributed by atoms with Gasteiger partial charge in [0, 0.05) is 43.9 Å². The quantitative estimate of drug-likeness (QED) is 0.517. The topological polar surface area (TPSA) is 108 Å². The van der Waals surface area contributed by atoms with E-state index in [1.165, 1.54) is 0 Å². The molecule has 0 saturated carbocycles. The van der Waals surface area contributed by atoms with E-state index in [1.807, 2.05) is 18.2 Å². The summed E-state index contributed by atoms with van der Waals surface area (Å²) in [7, 11) is 0. The molecule has 32 heavy (non-hydrogen) atoms. The minimum Gasteiger partial charge on any atom is -0.332 e. The van der Waals surface area contributed by atoms with E-state index in [9.17, 15) is 14.4 Å². The molecule has 0 spiro atoms. The number of aromatic nitrogens is 2. The summed E-state index contributed by atoms with van der Waals surface area (Å²) in [5.41, 5.74) is 2.36. The van der Waals surface area contributed by atoms with Crippen molar-refractivity contribution < 1.29 is 14.4 Å². The lowest BCUT2D eigenvalue weighted by atomic mass is 10.0. The largest absolute Gasteiger partial charge is 0.332 e. The van der Waals surface area contributed by atoms with E-state index < -0.39 is 11.9 Å². The van der Waals surface area contributed by atoms with Crippen LogP contribution in [0.5, 0.6) is 0 Å². The van der Waals surface area contributed by atoms with E-state index in [1.54, 1.807) is 17.2 Å². The Morgan fingerprint density at radius 2 is 2.06 bits per heavy atom. The van der Waals surface area contributed by atoms with Gasteiger partial charge in [-0.1, -0.05) is 29.8 Å². The SMILES string of the molecule is O=C1CCC(N2Cc3cccc(CN(c4nccc(Cl)n4)C4CCNC4)c3C2=O)C(=O)N1. The van der Waals surface area contributed by atoms with Gasteiger partial charge in [0.25, 0.3) is 5.91 Å². The smallest absolute Gasteiger partial charge is 0.255 e. The van der Waals surface area contributed by atoms with Gasteiger partial charge in [-0.15, -0.1) is 0 Å². The van der Waals surface area contributed by atoms with Crippen molar-refractivity contribution in [3.05, 3.63) is 52.3 Å². The van der Waals surface area contributed by atoms with E-state index in [0.717, 1.165) is 30.6 Å². The van der Waals surface area contributed by atoms with Crippen LogP contribution in [0.3, 0.4) is 0 Å². The first-order chi connectivity index (χ1) is 15.5. The molecule has 3 aliphatic heterocycles. The third kappa shape index (κ3) is 3.82. The average molecular weight is 455 g/mol. The number of hydrogen-bond acceptors (Lipinski definition) is 7. The van der Waals surface area contributed by atoms with Crippen LogP contribution >= 0.6 is 11.6 Å². The molecule has 10 heteroatoms. The van der Waals surface area contributed by atoms with Crippen molar-refractivity contribution in [3.63, 3.8) is 0 Å². The summed E-state index contributed by atoms with van der Waals surface area (Å²) < 4.78 is 0. The number of imide groups is 1. The Hall–Kier alpha value is -3.04. The highest BCUT2D eigenvalue weighted by Crippen LogP contribution is 2.31. The summed E-state index contributed by atoms with van der Waals surface area (Å²) in [4.78, 5) is 49.8. The van der Waals surface area contributed by atoms with Crippen LogP contribution in [-0.4, -0.2) is 57.8 Å². The predicted octanol–water partition coefficient (Wildman–Crippen LogP) is 1.26. The second-order valence-electron chi connectivity index (χ2n) is 8.31. The lowest BCUT2D eigenvalue weighted by Crippen LogP contribution is -2.52. The molecule has 0 radical (unpaired) electrons. The van der Waals surface area contributed by atoms with Crippen LogP contribution < -0.4 is 15.5 Å². The molecule has 0 bridgehead atoms. The van der Waals surface area contributed by atoms with Gasteiger partial charge in [0.15, 0.2) is 0 Å². The van der Waals surface area contributed by atoms with Crippen molar-refractivity contribution in [1.29, 1.82) is 0 Å².